The van der Waals surface area contributed by atoms with E-state index in [4.69, 9.17) is 5.73 Å². The van der Waals surface area contributed by atoms with Crippen LogP contribution in [0.15, 0.2) is 23.1 Å². The highest BCUT2D eigenvalue weighted by atomic mass is 32.2. The molecule has 0 fully saturated rings. The number of hydrogen-bond donors (Lipinski definition) is 2. The van der Waals surface area contributed by atoms with E-state index in [2.05, 4.69) is 5.32 Å². The van der Waals surface area contributed by atoms with Gasteiger partial charge in [-0.1, -0.05) is 0 Å². The summed E-state index contributed by atoms with van der Waals surface area (Å²) in [5, 5.41) is 2.55. The van der Waals surface area contributed by atoms with E-state index in [0.29, 0.717) is 10.6 Å². The number of benzene rings is 1. The van der Waals surface area contributed by atoms with E-state index >= 15 is 0 Å². The number of nitrogens with one attached hydrogen (secondary N) is 1. The summed E-state index contributed by atoms with van der Waals surface area (Å²) < 4.78 is 13.1. The lowest BCUT2D eigenvalue weighted by molar-refractivity contribution is -0.121. The third-order valence-electron chi connectivity index (χ3n) is 2.15. The lowest BCUT2D eigenvalue weighted by atomic mass is 10.1. The van der Waals surface area contributed by atoms with Gasteiger partial charge in [0.1, 0.15) is 5.82 Å². The van der Waals surface area contributed by atoms with Crippen LogP contribution in [0.4, 0.5) is 10.1 Å². The van der Waals surface area contributed by atoms with Gasteiger partial charge >= 0.3 is 0 Å². The molecule has 0 aliphatic rings. The lowest BCUT2D eigenvalue weighted by Gasteiger charge is -2.23. The highest BCUT2D eigenvalue weighted by Crippen LogP contribution is 2.29. The van der Waals surface area contributed by atoms with Crippen molar-refractivity contribution in [1.29, 1.82) is 0 Å². The van der Waals surface area contributed by atoms with Crippen molar-refractivity contribution in [1.82, 2.24) is 5.32 Å². The highest BCUT2D eigenvalue weighted by molar-refractivity contribution is 8.00. The number of amides is 1. The number of carbonyl (C=O) groups excluding carboxylic acids is 1. The van der Waals surface area contributed by atoms with E-state index in [-0.39, 0.29) is 22.5 Å². The summed E-state index contributed by atoms with van der Waals surface area (Å²) in [6, 6.07) is 4.16. The Morgan fingerprint density at radius 3 is 2.61 bits per heavy atom. The first-order valence-corrected chi connectivity index (χ1v) is 6.61. The molecule has 1 unspecified atom stereocenters. The van der Waals surface area contributed by atoms with E-state index in [1.165, 1.54) is 30.0 Å². The Labute approximate surface area is 111 Å². The summed E-state index contributed by atoms with van der Waals surface area (Å²) in [6.07, 6.45) is 0. The SMILES string of the molecule is CC(Sc1cc(F)ccc1N)C(=O)NC(C)(C)C. The second-order valence-electron chi connectivity index (χ2n) is 5.18. The summed E-state index contributed by atoms with van der Waals surface area (Å²) in [5.41, 5.74) is 5.95. The molecular formula is C13H19FN2OS. The van der Waals surface area contributed by atoms with Crippen LogP contribution in [0.2, 0.25) is 0 Å². The van der Waals surface area contributed by atoms with Gasteiger partial charge in [-0.05, 0) is 45.9 Å². The van der Waals surface area contributed by atoms with Gasteiger partial charge in [0.05, 0.1) is 5.25 Å². The van der Waals surface area contributed by atoms with Gasteiger partial charge < -0.3 is 11.1 Å². The third kappa shape index (κ3) is 4.56. The fourth-order valence-electron chi connectivity index (χ4n) is 1.33. The molecular weight excluding hydrogens is 251 g/mol. The zero-order valence-electron chi connectivity index (χ0n) is 11.1. The van der Waals surface area contributed by atoms with Crippen LogP contribution in [-0.4, -0.2) is 16.7 Å². The predicted octanol–water partition coefficient (Wildman–Crippen LogP) is 2.80. The van der Waals surface area contributed by atoms with E-state index in [9.17, 15) is 9.18 Å². The molecule has 0 aromatic heterocycles. The molecule has 3 nitrogen and oxygen atoms in total. The van der Waals surface area contributed by atoms with Gasteiger partial charge in [-0.25, -0.2) is 4.39 Å². The van der Waals surface area contributed by atoms with Crippen LogP contribution in [0.3, 0.4) is 0 Å². The van der Waals surface area contributed by atoms with E-state index < -0.39 is 0 Å². The monoisotopic (exact) mass is 270 g/mol. The Morgan fingerprint density at radius 2 is 2.06 bits per heavy atom. The molecule has 1 amide bonds. The minimum absolute atomic E-state index is 0.0869. The van der Waals surface area contributed by atoms with Crippen LogP contribution in [0.25, 0.3) is 0 Å². The molecule has 1 aromatic carbocycles. The number of nitrogens with two attached hydrogens (primary N) is 1. The molecule has 3 N–H and O–H groups in total. The first-order valence-electron chi connectivity index (χ1n) is 5.73. The van der Waals surface area contributed by atoms with Crippen LogP contribution >= 0.6 is 11.8 Å². The number of hydrogen-bond acceptors (Lipinski definition) is 3. The fraction of sp³-hybridized carbons (Fsp3) is 0.462. The van der Waals surface area contributed by atoms with Crippen molar-refractivity contribution in [2.45, 2.75) is 43.4 Å². The third-order valence-corrected chi connectivity index (χ3v) is 3.32. The van der Waals surface area contributed by atoms with Crippen molar-refractivity contribution in [3.8, 4) is 0 Å². The van der Waals surface area contributed by atoms with Crippen LogP contribution in [-0.2, 0) is 4.79 Å². The average Bonchev–Trinajstić information content (AvgIpc) is 2.21. The van der Waals surface area contributed by atoms with Gasteiger partial charge in [-0.15, -0.1) is 11.8 Å². The largest absolute Gasteiger partial charge is 0.398 e. The number of thioether (sulfide) groups is 1. The first-order chi connectivity index (χ1) is 8.19. The normalized spacial score (nSPS) is 13.2. The van der Waals surface area contributed by atoms with E-state index in [0.717, 1.165) is 0 Å². The van der Waals surface area contributed by atoms with Crippen molar-refractivity contribution < 1.29 is 9.18 Å². The Kier molecular flexibility index (Phi) is 4.62. The standard InChI is InChI=1S/C13H19FN2OS/c1-8(12(17)16-13(2,3)4)18-11-7-9(14)5-6-10(11)15/h5-8H,15H2,1-4H3,(H,16,17). The molecule has 0 heterocycles. The highest BCUT2D eigenvalue weighted by Gasteiger charge is 2.20. The summed E-state index contributed by atoms with van der Waals surface area (Å²) >= 11 is 1.26. The predicted molar refractivity (Wildman–Crippen MR) is 74.0 cm³/mol. The van der Waals surface area contributed by atoms with Gasteiger partial charge in [0.15, 0.2) is 0 Å². The quantitative estimate of drug-likeness (QED) is 0.656. The fourth-order valence-corrected chi connectivity index (χ4v) is 2.26. The number of anilines is 1. The van der Waals surface area contributed by atoms with Crippen molar-refractivity contribution in [2.24, 2.45) is 0 Å². The molecule has 0 aliphatic heterocycles. The minimum atomic E-state index is -0.352. The molecule has 0 bridgehead atoms. The maximum Gasteiger partial charge on any atom is 0.233 e. The summed E-state index contributed by atoms with van der Waals surface area (Å²) in [5.74, 6) is -0.439. The molecule has 5 heteroatoms. The van der Waals surface area contributed by atoms with Crippen molar-refractivity contribution >= 4 is 23.4 Å². The molecule has 0 spiro atoms. The van der Waals surface area contributed by atoms with Gasteiger partial charge in [0.2, 0.25) is 5.91 Å². The van der Waals surface area contributed by atoms with Crippen molar-refractivity contribution in [3.05, 3.63) is 24.0 Å². The summed E-state index contributed by atoms with van der Waals surface area (Å²) in [4.78, 5) is 12.5. The van der Waals surface area contributed by atoms with Crippen LogP contribution in [0.5, 0.6) is 0 Å². The maximum atomic E-state index is 13.1. The van der Waals surface area contributed by atoms with Crippen LogP contribution in [0.1, 0.15) is 27.7 Å². The maximum absolute atomic E-state index is 13.1. The zero-order valence-corrected chi connectivity index (χ0v) is 11.9. The molecule has 0 saturated carbocycles. The van der Waals surface area contributed by atoms with Crippen molar-refractivity contribution in [2.75, 3.05) is 5.73 Å². The van der Waals surface area contributed by atoms with Crippen molar-refractivity contribution in [3.63, 3.8) is 0 Å². The second-order valence-corrected chi connectivity index (χ2v) is 6.56. The van der Waals surface area contributed by atoms with Crippen LogP contribution < -0.4 is 11.1 Å². The van der Waals surface area contributed by atoms with Gasteiger partial charge in [-0.2, -0.15) is 0 Å². The molecule has 0 radical (unpaired) electrons. The number of carbonyl (C=O) groups is 1. The Bertz CT molecular complexity index is 443. The molecule has 0 aliphatic carbocycles. The number of halogens is 1. The average molecular weight is 270 g/mol. The van der Waals surface area contributed by atoms with Gasteiger partial charge in [0.25, 0.3) is 0 Å². The molecule has 1 rings (SSSR count). The summed E-state index contributed by atoms with van der Waals surface area (Å²) in [6.45, 7) is 7.52. The Hall–Kier alpha value is -1.23. The van der Waals surface area contributed by atoms with Gasteiger partial charge in [0, 0.05) is 16.1 Å². The van der Waals surface area contributed by atoms with E-state index in [1.54, 1.807) is 6.92 Å². The van der Waals surface area contributed by atoms with Crippen LogP contribution in [0, 0.1) is 5.82 Å². The number of rotatable bonds is 3. The van der Waals surface area contributed by atoms with E-state index in [1.807, 2.05) is 20.8 Å². The topological polar surface area (TPSA) is 55.1 Å². The molecule has 1 atom stereocenters. The first kappa shape index (κ1) is 14.8. The molecule has 18 heavy (non-hydrogen) atoms. The Morgan fingerprint density at radius 1 is 1.44 bits per heavy atom. The molecule has 1 aromatic rings. The number of nitrogen functional groups attached to an aromatic ring is 1. The molecule has 0 saturated heterocycles. The second kappa shape index (κ2) is 5.61. The lowest BCUT2D eigenvalue weighted by Crippen LogP contribution is -2.44. The zero-order chi connectivity index (χ0) is 13.9. The van der Waals surface area contributed by atoms with Gasteiger partial charge in [-0.3, -0.25) is 4.79 Å². The Balaban J connectivity index is 2.72. The minimum Gasteiger partial charge on any atom is -0.398 e. The summed E-state index contributed by atoms with van der Waals surface area (Å²) in [7, 11) is 0. The molecule has 100 valence electrons. The smallest absolute Gasteiger partial charge is 0.233 e.